The first-order valence-electron chi connectivity index (χ1n) is 12.6. The molecular weight excluding hydrogens is 460 g/mol. The van der Waals surface area contributed by atoms with E-state index in [1.54, 1.807) is 16.7 Å². The highest BCUT2D eigenvalue weighted by molar-refractivity contribution is 5.86. The Bertz CT molecular complexity index is 1230. The molecule has 4 rings (SSSR count). The van der Waals surface area contributed by atoms with Gasteiger partial charge in [0.15, 0.2) is 0 Å². The second kappa shape index (κ2) is 11.9. The number of carbonyl (C=O) groups excluding carboxylic acids is 2. The summed E-state index contributed by atoms with van der Waals surface area (Å²) >= 11 is 0. The van der Waals surface area contributed by atoms with Gasteiger partial charge >= 0.3 is 17.9 Å². The van der Waals surface area contributed by atoms with E-state index < -0.39 is 12.2 Å². The number of nitrogens with one attached hydrogen (secondary N) is 1. The van der Waals surface area contributed by atoms with E-state index in [-0.39, 0.29) is 31.0 Å². The number of benzene rings is 2. The largest absolute Gasteiger partial charge is 0.449 e. The van der Waals surface area contributed by atoms with Crippen molar-refractivity contribution < 1.29 is 19.1 Å². The average molecular weight is 495 g/mol. The number of rotatable bonds is 8. The molecule has 3 aromatic rings. The predicted molar refractivity (Wildman–Crippen MR) is 137 cm³/mol. The third-order valence-electron chi connectivity index (χ3n) is 6.75. The van der Waals surface area contributed by atoms with Gasteiger partial charge in [0, 0.05) is 19.6 Å². The van der Waals surface area contributed by atoms with Crippen LogP contribution in [0.3, 0.4) is 0 Å². The fourth-order valence-corrected chi connectivity index (χ4v) is 4.73. The van der Waals surface area contributed by atoms with Crippen molar-refractivity contribution in [3.63, 3.8) is 0 Å². The van der Waals surface area contributed by atoms with Crippen LogP contribution in [0.15, 0.2) is 59.4 Å². The number of aryl methyl sites for hydroxylation is 1. The molecule has 2 aromatic carbocycles. The summed E-state index contributed by atoms with van der Waals surface area (Å²) in [7, 11) is 0. The summed E-state index contributed by atoms with van der Waals surface area (Å²) in [6.45, 7) is 6.41. The minimum atomic E-state index is -0.639. The van der Waals surface area contributed by atoms with Crippen molar-refractivity contribution >= 4 is 23.2 Å². The molecule has 0 spiro atoms. The van der Waals surface area contributed by atoms with Crippen LogP contribution in [-0.4, -0.2) is 52.1 Å². The number of hydrogen-bond donors (Lipinski definition) is 1. The molecule has 1 fully saturated rings. The highest BCUT2D eigenvalue weighted by atomic mass is 16.6. The third-order valence-corrected chi connectivity index (χ3v) is 6.75. The van der Waals surface area contributed by atoms with Gasteiger partial charge in [0.1, 0.15) is 6.61 Å². The summed E-state index contributed by atoms with van der Waals surface area (Å²) in [4.78, 5) is 40.1. The number of nitrogens with zero attached hydrogens (tertiary/aromatic N) is 3. The Morgan fingerprint density at radius 2 is 1.64 bits per heavy atom. The van der Waals surface area contributed by atoms with Gasteiger partial charge in [-0.3, -0.25) is 9.47 Å². The highest BCUT2D eigenvalue weighted by Gasteiger charge is 2.27. The van der Waals surface area contributed by atoms with Crippen molar-refractivity contribution in [2.24, 2.45) is 5.92 Å². The first kappa shape index (κ1) is 25.5. The molecule has 36 heavy (non-hydrogen) atoms. The van der Waals surface area contributed by atoms with Crippen molar-refractivity contribution in [3.05, 3.63) is 70.6 Å². The van der Waals surface area contributed by atoms with Gasteiger partial charge in [0.2, 0.25) is 0 Å². The number of piperidine rings is 1. The molecule has 0 aliphatic carbocycles. The number of likely N-dealkylation sites (tertiary alicyclic amines) is 1. The van der Waals surface area contributed by atoms with Gasteiger partial charge in [0.25, 0.3) is 0 Å². The van der Waals surface area contributed by atoms with Gasteiger partial charge in [-0.2, -0.15) is 4.57 Å². The van der Waals surface area contributed by atoms with Gasteiger partial charge in [-0.25, -0.2) is 14.4 Å². The molecule has 9 heteroatoms. The zero-order chi connectivity index (χ0) is 25.5. The first-order valence-corrected chi connectivity index (χ1v) is 12.6. The molecular formula is C27H34N4O5. The van der Waals surface area contributed by atoms with Gasteiger partial charge in [-0.05, 0) is 49.8 Å². The number of fused-ring (bicyclic) bond motifs is 1. The van der Waals surface area contributed by atoms with Crippen molar-refractivity contribution in [3.8, 4) is 0 Å². The van der Waals surface area contributed by atoms with Crippen LogP contribution < -0.4 is 11.0 Å². The Balaban J connectivity index is 1.26. The van der Waals surface area contributed by atoms with Gasteiger partial charge < -0.3 is 14.8 Å². The Kier molecular flexibility index (Phi) is 8.43. The van der Waals surface area contributed by atoms with Crippen LogP contribution in [0.4, 0.5) is 9.59 Å². The molecule has 1 aliphatic rings. The zero-order valence-corrected chi connectivity index (χ0v) is 20.9. The number of carbonyl (C=O) groups is 2. The van der Waals surface area contributed by atoms with Gasteiger partial charge in [-0.15, -0.1) is 0 Å². The fourth-order valence-electron chi connectivity index (χ4n) is 4.73. The molecule has 0 bridgehead atoms. The lowest BCUT2D eigenvalue weighted by molar-refractivity contribution is 0.0643. The van der Waals surface area contributed by atoms with E-state index in [0.717, 1.165) is 48.0 Å². The number of imidazole rings is 1. The smallest absolute Gasteiger partial charge is 0.422 e. The number of hydrogen-bond acceptors (Lipinski definition) is 6. The van der Waals surface area contributed by atoms with E-state index >= 15 is 0 Å². The molecule has 0 unspecified atom stereocenters. The van der Waals surface area contributed by atoms with Crippen LogP contribution in [0.1, 0.15) is 38.7 Å². The van der Waals surface area contributed by atoms with Crippen LogP contribution >= 0.6 is 0 Å². The average Bonchev–Trinajstić information content (AvgIpc) is 3.21. The summed E-state index contributed by atoms with van der Waals surface area (Å²) in [5, 5.41) is 2.96. The van der Waals surface area contributed by atoms with Crippen molar-refractivity contribution in [1.29, 1.82) is 0 Å². The molecule has 1 amide bonds. The minimum absolute atomic E-state index is 0.115. The van der Waals surface area contributed by atoms with E-state index in [1.165, 1.54) is 0 Å². The second-order valence-electron chi connectivity index (χ2n) is 9.04. The Hall–Kier alpha value is -3.59. The van der Waals surface area contributed by atoms with Gasteiger partial charge in [0.05, 0.1) is 23.8 Å². The van der Waals surface area contributed by atoms with E-state index in [2.05, 4.69) is 10.2 Å². The molecule has 2 heterocycles. The standard InChI is InChI=1S/C27H34N4O5/c1-3-24(28-25(32)35-18-20-10-6-5-7-11-20)29-16-14-21(15-17-29)19-36-27(34)31-23-13-9-8-12-22(23)30(4-2)26(31)33/h5-13,21,24H,3-4,14-19H2,1-2H3,(H,28,32)/t24-/m0/s1. The topological polar surface area (TPSA) is 94.8 Å². The summed E-state index contributed by atoms with van der Waals surface area (Å²) in [5.41, 5.74) is 1.84. The SMILES string of the molecule is CC[C@@H](NC(=O)OCc1ccccc1)N1CCC(COC(=O)n2c(=O)n(CC)c3ccccc32)CC1. The van der Waals surface area contributed by atoms with Crippen molar-refractivity contribution in [1.82, 2.24) is 19.4 Å². The summed E-state index contributed by atoms with van der Waals surface area (Å²) in [6.07, 6.45) is 1.23. The zero-order valence-electron chi connectivity index (χ0n) is 20.9. The van der Waals surface area contributed by atoms with Crippen LogP contribution in [-0.2, 0) is 22.6 Å². The molecule has 1 aliphatic heterocycles. The number of para-hydroxylation sites is 2. The third kappa shape index (κ3) is 5.79. The fraction of sp³-hybridized carbons (Fsp3) is 0.444. The molecule has 9 nitrogen and oxygen atoms in total. The lowest BCUT2D eigenvalue weighted by atomic mass is 9.97. The molecule has 1 aromatic heterocycles. The van der Waals surface area contributed by atoms with Crippen molar-refractivity contribution in [2.75, 3.05) is 19.7 Å². The van der Waals surface area contributed by atoms with Gasteiger partial charge in [-0.1, -0.05) is 49.4 Å². The van der Waals surface area contributed by atoms with Crippen LogP contribution in [0.5, 0.6) is 0 Å². The molecule has 0 radical (unpaired) electrons. The first-order chi connectivity index (χ1) is 17.5. The predicted octanol–water partition coefficient (Wildman–Crippen LogP) is 4.18. The number of ether oxygens (including phenoxy) is 2. The van der Waals surface area contributed by atoms with Crippen molar-refractivity contribution in [2.45, 2.75) is 52.4 Å². The van der Waals surface area contributed by atoms with Crippen LogP contribution in [0.25, 0.3) is 11.0 Å². The lowest BCUT2D eigenvalue weighted by Gasteiger charge is -2.37. The summed E-state index contributed by atoms with van der Waals surface area (Å²) in [5.74, 6) is 0.197. The maximum atomic E-state index is 12.8. The molecule has 1 N–H and O–H groups in total. The minimum Gasteiger partial charge on any atom is -0.449 e. The maximum absolute atomic E-state index is 12.8. The summed E-state index contributed by atoms with van der Waals surface area (Å²) in [6, 6.07) is 16.8. The lowest BCUT2D eigenvalue weighted by Crippen LogP contribution is -2.51. The number of amides is 1. The van der Waals surface area contributed by atoms with E-state index in [0.29, 0.717) is 12.1 Å². The molecule has 1 atom stereocenters. The molecule has 1 saturated heterocycles. The normalized spacial score (nSPS) is 15.5. The molecule has 192 valence electrons. The monoisotopic (exact) mass is 494 g/mol. The van der Waals surface area contributed by atoms with Crippen LogP contribution in [0.2, 0.25) is 0 Å². The highest BCUT2D eigenvalue weighted by Crippen LogP contribution is 2.21. The number of alkyl carbamates (subject to hydrolysis) is 1. The Labute approximate surface area is 210 Å². The second-order valence-corrected chi connectivity index (χ2v) is 9.04. The van der Waals surface area contributed by atoms with E-state index in [4.69, 9.17) is 9.47 Å². The van der Waals surface area contributed by atoms with Crippen LogP contribution in [0, 0.1) is 5.92 Å². The summed E-state index contributed by atoms with van der Waals surface area (Å²) < 4.78 is 13.6. The van der Waals surface area contributed by atoms with E-state index in [1.807, 2.05) is 56.3 Å². The quantitative estimate of drug-likeness (QED) is 0.505. The Morgan fingerprint density at radius 1 is 0.972 bits per heavy atom. The maximum Gasteiger partial charge on any atom is 0.422 e. The Morgan fingerprint density at radius 3 is 2.31 bits per heavy atom. The number of aromatic nitrogens is 2. The van der Waals surface area contributed by atoms with E-state index in [9.17, 15) is 14.4 Å². The molecule has 0 saturated carbocycles.